The summed E-state index contributed by atoms with van der Waals surface area (Å²) in [6.45, 7) is -0.481. The molecule has 0 aliphatic heterocycles. The molecule has 1 aromatic carbocycles. The third kappa shape index (κ3) is 6.42. The molecule has 154 valence electrons. The Balaban J connectivity index is 2.12. The molecule has 15 heteroatoms. The van der Waals surface area contributed by atoms with Crippen LogP contribution in [-0.4, -0.2) is 66.1 Å². The Kier molecular flexibility index (Phi) is 6.95. The topological polar surface area (TPSA) is 197 Å². The third-order valence-corrected chi connectivity index (χ3v) is 5.98. The fourth-order valence-corrected chi connectivity index (χ4v) is 3.69. The van der Waals surface area contributed by atoms with Crippen molar-refractivity contribution in [1.29, 1.82) is 0 Å². The molecule has 28 heavy (non-hydrogen) atoms. The summed E-state index contributed by atoms with van der Waals surface area (Å²) in [5, 5.41) is 13.9. The number of aliphatic hydroxyl groups is 1. The molecule has 6 N–H and O–H groups in total. The highest BCUT2D eigenvalue weighted by Crippen LogP contribution is 2.24. The summed E-state index contributed by atoms with van der Waals surface area (Å²) in [7, 11) is -7.86. The van der Waals surface area contributed by atoms with Gasteiger partial charge in [0.05, 0.1) is 23.8 Å². The molecule has 0 atom stereocenters. The van der Waals surface area contributed by atoms with E-state index in [2.05, 4.69) is 25.6 Å². The first-order chi connectivity index (χ1) is 13.0. The minimum absolute atomic E-state index is 0.00391. The number of nitrogen functional groups attached to an aromatic ring is 1. The molecule has 0 aliphatic rings. The number of rotatable bonds is 9. The van der Waals surface area contributed by atoms with Crippen LogP contribution in [0.3, 0.4) is 0 Å². The molecule has 1 aromatic heterocycles. The number of sulfone groups is 1. The first-order valence-electron chi connectivity index (χ1n) is 7.61. The minimum Gasteiger partial charge on any atom is -0.398 e. The maximum atomic E-state index is 11.6. The molecule has 0 saturated heterocycles. The molecular weight excluding hydrogens is 436 g/mol. The van der Waals surface area contributed by atoms with E-state index in [4.69, 9.17) is 27.0 Å². The molecule has 2 rings (SSSR count). The molecule has 0 saturated carbocycles. The summed E-state index contributed by atoms with van der Waals surface area (Å²) in [5.74, 6) is -0.600. The van der Waals surface area contributed by atoms with Crippen molar-refractivity contribution in [3.05, 3.63) is 23.5 Å². The second kappa shape index (κ2) is 8.83. The molecule has 0 fully saturated rings. The van der Waals surface area contributed by atoms with Crippen LogP contribution in [-0.2, 0) is 20.0 Å². The predicted octanol–water partition coefficient (Wildman–Crippen LogP) is -0.0835. The van der Waals surface area contributed by atoms with Gasteiger partial charge in [-0.1, -0.05) is 0 Å². The zero-order chi connectivity index (χ0) is 20.9. The quantitative estimate of drug-likeness (QED) is 0.251. The van der Waals surface area contributed by atoms with E-state index in [1.165, 1.54) is 12.1 Å². The van der Waals surface area contributed by atoms with Crippen LogP contribution in [0.5, 0.6) is 0 Å². The average molecular weight is 453 g/mol. The third-order valence-electron chi connectivity index (χ3n) is 3.25. The van der Waals surface area contributed by atoms with Crippen molar-refractivity contribution in [2.75, 3.05) is 41.0 Å². The van der Waals surface area contributed by atoms with E-state index in [1.54, 1.807) is 0 Å². The van der Waals surface area contributed by atoms with Gasteiger partial charge in [-0.3, -0.25) is 4.55 Å². The van der Waals surface area contributed by atoms with Crippen LogP contribution in [0.4, 0.5) is 23.3 Å². The fraction of sp³-hybridized carbons (Fsp3) is 0.308. The fourth-order valence-electron chi connectivity index (χ4n) is 2.03. The van der Waals surface area contributed by atoms with Crippen molar-refractivity contribution in [3.8, 4) is 0 Å². The van der Waals surface area contributed by atoms with Gasteiger partial charge in [0.2, 0.25) is 17.2 Å². The van der Waals surface area contributed by atoms with E-state index < -0.39 is 31.5 Å². The molecule has 2 aromatic rings. The summed E-state index contributed by atoms with van der Waals surface area (Å²) in [5.41, 5.74) is 5.72. The van der Waals surface area contributed by atoms with Crippen LogP contribution in [0.15, 0.2) is 23.1 Å². The lowest BCUT2D eigenvalue weighted by molar-refractivity contribution is 0.319. The first-order valence-corrected chi connectivity index (χ1v) is 11.2. The van der Waals surface area contributed by atoms with E-state index in [9.17, 15) is 16.8 Å². The number of nitrogens with one attached hydrogen (secondary N) is 2. The van der Waals surface area contributed by atoms with E-state index in [-0.39, 0.29) is 40.9 Å². The molecule has 0 spiro atoms. The van der Waals surface area contributed by atoms with Crippen molar-refractivity contribution in [1.82, 2.24) is 15.0 Å². The van der Waals surface area contributed by atoms with Crippen LogP contribution in [0.1, 0.15) is 0 Å². The van der Waals surface area contributed by atoms with Crippen LogP contribution in [0.2, 0.25) is 5.28 Å². The lowest BCUT2D eigenvalue weighted by Gasteiger charge is -2.10. The van der Waals surface area contributed by atoms with E-state index >= 15 is 0 Å². The lowest BCUT2D eigenvalue weighted by Crippen LogP contribution is -2.21. The minimum atomic E-state index is -4.45. The summed E-state index contributed by atoms with van der Waals surface area (Å²) >= 11 is 5.82. The van der Waals surface area contributed by atoms with Gasteiger partial charge >= 0.3 is 0 Å². The Hall–Kier alpha value is -2.26. The Morgan fingerprint density at radius 1 is 1.07 bits per heavy atom. The van der Waals surface area contributed by atoms with Gasteiger partial charge in [0.15, 0.2) is 9.84 Å². The Bertz CT molecular complexity index is 1060. The van der Waals surface area contributed by atoms with Crippen molar-refractivity contribution >= 4 is 54.8 Å². The molecule has 12 nitrogen and oxygen atoms in total. The maximum absolute atomic E-state index is 11.6. The molecular formula is C13H17ClN6O6S2. The Morgan fingerprint density at radius 3 is 2.36 bits per heavy atom. The molecule has 0 aliphatic carbocycles. The number of nitrogens with two attached hydrogens (primary N) is 1. The van der Waals surface area contributed by atoms with E-state index in [0.29, 0.717) is 5.69 Å². The number of aromatic nitrogens is 3. The van der Waals surface area contributed by atoms with Gasteiger partial charge in [0.1, 0.15) is 4.90 Å². The lowest BCUT2D eigenvalue weighted by atomic mass is 10.3. The molecule has 0 amide bonds. The van der Waals surface area contributed by atoms with E-state index in [0.717, 1.165) is 6.07 Å². The number of hydrogen-bond donors (Lipinski definition) is 5. The second-order valence-electron chi connectivity index (χ2n) is 5.41. The van der Waals surface area contributed by atoms with Crippen LogP contribution < -0.4 is 16.4 Å². The second-order valence-corrected chi connectivity index (χ2v) is 9.44. The highest BCUT2D eigenvalue weighted by molar-refractivity contribution is 7.91. The van der Waals surface area contributed by atoms with Gasteiger partial charge in [-0.15, -0.1) is 0 Å². The zero-order valence-electron chi connectivity index (χ0n) is 14.2. The summed E-state index contributed by atoms with van der Waals surface area (Å²) < 4.78 is 54.5. The first kappa shape index (κ1) is 22.0. The van der Waals surface area contributed by atoms with Crippen molar-refractivity contribution in [2.45, 2.75) is 4.90 Å². The zero-order valence-corrected chi connectivity index (χ0v) is 16.6. The van der Waals surface area contributed by atoms with Gasteiger partial charge in [0, 0.05) is 12.2 Å². The van der Waals surface area contributed by atoms with Crippen molar-refractivity contribution in [2.24, 2.45) is 0 Å². The number of hydrogen-bond acceptors (Lipinski definition) is 11. The van der Waals surface area contributed by atoms with Crippen LogP contribution in [0.25, 0.3) is 0 Å². The predicted molar refractivity (Wildman–Crippen MR) is 103 cm³/mol. The number of benzene rings is 1. The van der Waals surface area contributed by atoms with Gasteiger partial charge in [-0.25, -0.2) is 8.42 Å². The van der Waals surface area contributed by atoms with Gasteiger partial charge < -0.3 is 21.5 Å². The normalized spacial score (nSPS) is 12.0. The highest BCUT2D eigenvalue weighted by Gasteiger charge is 2.15. The summed E-state index contributed by atoms with van der Waals surface area (Å²) in [6.07, 6.45) is 0. The number of nitrogens with zero attached hydrogens (tertiary/aromatic N) is 3. The van der Waals surface area contributed by atoms with Crippen molar-refractivity contribution in [3.63, 3.8) is 0 Å². The number of halogens is 1. The Labute approximate surface area is 165 Å². The standard InChI is InChI=1S/C13H17ClN6O6S2/c14-11-18-12(16-3-5-27(22,23)6-4-21)20-13(19-11)17-8-1-2-10(9(15)7-8)28(24,25)26/h1-2,7,21H,3-6,15H2,(H,24,25,26)(H2,16,17,18,19,20). The van der Waals surface area contributed by atoms with Gasteiger partial charge in [-0.2, -0.15) is 23.4 Å². The number of aliphatic hydroxyl groups excluding tert-OH is 1. The summed E-state index contributed by atoms with van der Waals surface area (Å²) in [4.78, 5) is 11.2. The molecule has 1 heterocycles. The smallest absolute Gasteiger partial charge is 0.296 e. The maximum Gasteiger partial charge on any atom is 0.296 e. The van der Waals surface area contributed by atoms with Gasteiger partial charge in [0.25, 0.3) is 10.1 Å². The van der Waals surface area contributed by atoms with Crippen molar-refractivity contribution < 1.29 is 26.5 Å². The summed E-state index contributed by atoms with van der Waals surface area (Å²) in [6, 6.07) is 3.67. The molecule has 0 bridgehead atoms. The largest absolute Gasteiger partial charge is 0.398 e. The SMILES string of the molecule is Nc1cc(Nc2nc(Cl)nc(NCCS(=O)(=O)CCO)n2)ccc1S(=O)(=O)O. The van der Waals surface area contributed by atoms with Crippen LogP contribution >= 0.6 is 11.6 Å². The van der Waals surface area contributed by atoms with Gasteiger partial charge in [-0.05, 0) is 29.8 Å². The monoisotopic (exact) mass is 452 g/mol. The molecule has 0 unspecified atom stereocenters. The number of anilines is 4. The van der Waals surface area contributed by atoms with E-state index in [1.807, 2.05) is 0 Å². The Morgan fingerprint density at radius 2 is 1.75 bits per heavy atom. The highest BCUT2D eigenvalue weighted by atomic mass is 35.5. The molecule has 0 radical (unpaired) electrons. The van der Waals surface area contributed by atoms with Crippen LogP contribution in [0, 0.1) is 0 Å². The average Bonchev–Trinajstić information content (AvgIpc) is 2.52.